The van der Waals surface area contributed by atoms with Gasteiger partial charge in [-0.05, 0) is 25.1 Å². The van der Waals surface area contributed by atoms with E-state index in [9.17, 15) is 9.59 Å². The minimum atomic E-state index is -0.999. The molecule has 0 bridgehead atoms. The zero-order valence-corrected chi connectivity index (χ0v) is 12.3. The molecule has 0 amide bonds. The van der Waals surface area contributed by atoms with Gasteiger partial charge in [0.1, 0.15) is 5.76 Å². The highest BCUT2D eigenvalue weighted by molar-refractivity contribution is 7.98. The van der Waals surface area contributed by atoms with Crippen LogP contribution in [0.5, 0.6) is 0 Å². The van der Waals surface area contributed by atoms with E-state index in [2.05, 4.69) is 9.72 Å². The minimum Gasteiger partial charge on any atom is -0.478 e. The molecule has 0 saturated heterocycles. The number of aromatic carboxylic acids is 1. The lowest BCUT2D eigenvalue weighted by molar-refractivity contribution is 0.0561. The van der Waals surface area contributed by atoms with E-state index >= 15 is 0 Å². The highest BCUT2D eigenvalue weighted by atomic mass is 32.2. The van der Waals surface area contributed by atoms with Gasteiger partial charge in [0, 0.05) is 11.8 Å². The summed E-state index contributed by atoms with van der Waals surface area (Å²) in [4.78, 5) is 26.4. The Morgan fingerprint density at radius 3 is 2.86 bits per heavy atom. The maximum absolute atomic E-state index is 11.4. The van der Waals surface area contributed by atoms with Crippen molar-refractivity contribution in [2.24, 2.45) is 0 Å². The number of pyridine rings is 1. The zero-order chi connectivity index (χ0) is 15.4. The fraction of sp³-hybridized carbons (Fsp3) is 0.214. The van der Waals surface area contributed by atoms with E-state index < -0.39 is 11.9 Å². The number of carbonyl (C=O) groups is 2. The number of aromatic nitrogens is 1. The highest BCUT2D eigenvalue weighted by Crippen LogP contribution is 2.25. The van der Waals surface area contributed by atoms with E-state index in [0.29, 0.717) is 22.1 Å². The first-order valence-electron chi connectivity index (χ1n) is 6.01. The number of hydrogen-bond donors (Lipinski definition) is 1. The summed E-state index contributed by atoms with van der Waals surface area (Å²) in [7, 11) is 1.29. The zero-order valence-electron chi connectivity index (χ0n) is 11.5. The van der Waals surface area contributed by atoms with E-state index in [0.717, 1.165) is 0 Å². The second kappa shape index (κ2) is 6.45. The number of carboxylic acid groups (broad SMARTS) is 1. The molecule has 0 spiro atoms. The first-order chi connectivity index (χ1) is 10.0. The number of rotatable bonds is 5. The summed E-state index contributed by atoms with van der Waals surface area (Å²) < 4.78 is 10.0. The number of aryl methyl sites for hydroxylation is 1. The van der Waals surface area contributed by atoms with Gasteiger partial charge in [-0.1, -0.05) is 11.8 Å². The van der Waals surface area contributed by atoms with Crippen LogP contribution in [-0.4, -0.2) is 29.1 Å². The normalized spacial score (nSPS) is 10.4. The Balaban J connectivity index is 2.08. The summed E-state index contributed by atoms with van der Waals surface area (Å²) in [6.07, 6.45) is 1.44. The molecule has 2 aromatic heterocycles. The molecule has 21 heavy (non-hydrogen) atoms. The molecule has 7 heteroatoms. The predicted octanol–water partition coefficient (Wildman–Crippen LogP) is 2.76. The topological polar surface area (TPSA) is 89.6 Å². The Morgan fingerprint density at radius 2 is 2.19 bits per heavy atom. The SMILES string of the molecule is COC(=O)c1oc(CSc2cc(C(=O)O)ccn2)cc1C. The van der Waals surface area contributed by atoms with Crippen LogP contribution in [0.25, 0.3) is 0 Å². The Morgan fingerprint density at radius 1 is 1.43 bits per heavy atom. The maximum atomic E-state index is 11.4. The second-order valence-corrected chi connectivity index (χ2v) is 5.19. The molecular weight excluding hydrogens is 294 g/mol. The summed E-state index contributed by atoms with van der Waals surface area (Å²) in [5, 5.41) is 9.49. The van der Waals surface area contributed by atoms with Gasteiger partial charge in [-0.25, -0.2) is 14.6 Å². The molecule has 2 heterocycles. The molecule has 2 rings (SSSR count). The van der Waals surface area contributed by atoms with Gasteiger partial charge in [-0.3, -0.25) is 0 Å². The van der Waals surface area contributed by atoms with E-state index in [1.807, 2.05) is 0 Å². The summed E-state index contributed by atoms with van der Waals surface area (Å²) in [6.45, 7) is 1.76. The lowest BCUT2D eigenvalue weighted by Gasteiger charge is -2.00. The van der Waals surface area contributed by atoms with E-state index in [4.69, 9.17) is 9.52 Å². The molecule has 0 atom stereocenters. The van der Waals surface area contributed by atoms with Crippen molar-refractivity contribution in [3.05, 3.63) is 47.0 Å². The molecule has 0 aliphatic heterocycles. The van der Waals surface area contributed by atoms with Crippen LogP contribution in [0, 0.1) is 6.92 Å². The average molecular weight is 307 g/mol. The summed E-state index contributed by atoms with van der Waals surface area (Å²) >= 11 is 1.33. The Labute approximate surface area is 125 Å². The minimum absolute atomic E-state index is 0.179. The van der Waals surface area contributed by atoms with Crippen LogP contribution >= 0.6 is 11.8 Å². The van der Waals surface area contributed by atoms with Gasteiger partial charge >= 0.3 is 11.9 Å². The number of carboxylic acids is 1. The molecule has 2 aromatic rings. The summed E-state index contributed by atoms with van der Waals surface area (Å²) in [5.74, 6) is -0.301. The molecule has 0 fully saturated rings. The fourth-order valence-corrected chi connectivity index (χ4v) is 2.46. The monoisotopic (exact) mass is 307 g/mol. The van der Waals surface area contributed by atoms with Gasteiger partial charge in [-0.15, -0.1) is 0 Å². The van der Waals surface area contributed by atoms with Gasteiger partial charge in [0.25, 0.3) is 0 Å². The van der Waals surface area contributed by atoms with Crippen molar-refractivity contribution >= 4 is 23.7 Å². The molecular formula is C14H13NO5S. The van der Waals surface area contributed by atoms with E-state index in [1.165, 1.54) is 37.2 Å². The van der Waals surface area contributed by atoms with E-state index in [-0.39, 0.29) is 11.3 Å². The van der Waals surface area contributed by atoms with Crippen LogP contribution < -0.4 is 0 Å². The molecule has 0 aliphatic carbocycles. The number of hydrogen-bond acceptors (Lipinski definition) is 6. The van der Waals surface area contributed by atoms with Crippen molar-refractivity contribution < 1.29 is 23.8 Å². The third-order valence-corrected chi connectivity index (χ3v) is 3.63. The number of nitrogens with zero attached hydrogens (tertiary/aromatic N) is 1. The quantitative estimate of drug-likeness (QED) is 0.671. The van der Waals surface area contributed by atoms with Crippen LogP contribution in [-0.2, 0) is 10.5 Å². The lowest BCUT2D eigenvalue weighted by Crippen LogP contribution is -2.00. The smallest absolute Gasteiger partial charge is 0.374 e. The van der Waals surface area contributed by atoms with Crippen molar-refractivity contribution in [1.29, 1.82) is 0 Å². The first-order valence-corrected chi connectivity index (χ1v) is 6.99. The number of esters is 1. The Bertz CT molecular complexity index is 680. The molecule has 0 unspecified atom stereocenters. The molecule has 6 nitrogen and oxygen atoms in total. The summed E-state index contributed by atoms with van der Waals surface area (Å²) in [6, 6.07) is 4.67. The molecule has 110 valence electrons. The van der Waals surface area contributed by atoms with Crippen molar-refractivity contribution in [1.82, 2.24) is 4.98 Å². The Hall–Kier alpha value is -2.28. The van der Waals surface area contributed by atoms with Crippen LogP contribution in [0.15, 0.2) is 33.8 Å². The molecule has 0 saturated carbocycles. The van der Waals surface area contributed by atoms with Crippen LogP contribution in [0.2, 0.25) is 0 Å². The van der Waals surface area contributed by atoms with Crippen molar-refractivity contribution in [2.45, 2.75) is 17.7 Å². The highest BCUT2D eigenvalue weighted by Gasteiger charge is 2.16. The third kappa shape index (κ3) is 3.63. The first kappa shape index (κ1) is 15.1. The van der Waals surface area contributed by atoms with Crippen molar-refractivity contribution in [3.8, 4) is 0 Å². The third-order valence-electron chi connectivity index (χ3n) is 2.68. The van der Waals surface area contributed by atoms with Gasteiger partial charge in [0.05, 0.1) is 23.5 Å². The number of thioether (sulfide) groups is 1. The fourth-order valence-electron chi connectivity index (χ4n) is 1.68. The number of ether oxygens (including phenoxy) is 1. The molecule has 1 N–H and O–H groups in total. The number of carbonyl (C=O) groups excluding carboxylic acids is 1. The predicted molar refractivity (Wildman–Crippen MR) is 75.5 cm³/mol. The van der Waals surface area contributed by atoms with Crippen LogP contribution in [0.1, 0.15) is 32.2 Å². The number of furan rings is 1. The average Bonchev–Trinajstić information content (AvgIpc) is 2.85. The van der Waals surface area contributed by atoms with Gasteiger partial charge < -0.3 is 14.3 Å². The van der Waals surface area contributed by atoms with Crippen LogP contribution in [0.4, 0.5) is 0 Å². The molecule has 0 radical (unpaired) electrons. The molecule has 0 aromatic carbocycles. The molecule has 0 aliphatic rings. The maximum Gasteiger partial charge on any atom is 0.374 e. The van der Waals surface area contributed by atoms with Crippen molar-refractivity contribution in [3.63, 3.8) is 0 Å². The van der Waals surface area contributed by atoms with Crippen LogP contribution in [0.3, 0.4) is 0 Å². The van der Waals surface area contributed by atoms with Crippen molar-refractivity contribution in [2.75, 3.05) is 7.11 Å². The van der Waals surface area contributed by atoms with Gasteiger partial charge in [-0.2, -0.15) is 0 Å². The van der Waals surface area contributed by atoms with Gasteiger partial charge in [0.15, 0.2) is 0 Å². The second-order valence-electron chi connectivity index (χ2n) is 4.19. The van der Waals surface area contributed by atoms with Gasteiger partial charge in [0.2, 0.25) is 5.76 Å². The largest absolute Gasteiger partial charge is 0.478 e. The summed E-state index contributed by atoms with van der Waals surface area (Å²) in [5.41, 5.74) is 0.878. The lowest BCUT2D eigenvalue weighted by atomic mass is 10.3. The standard InChI is InChI=1S/C14H13NO5S/c1-8-5-10(20-12(8)14(18)19-2)7-21-11-6-9(13(16)17)3-4-15-11/h3-6H,7H2,1-2H3,(H,16,17). The Kier molecular flexibility index (Phi) is 4.64. The van der Waals surface area contributed by atoms with E-state index in [1.54, 1.807) is 13.0 Å². The number of methoxy groups -OCH3 is 1.